The van der Waals surface area contributed by atoms with E-state index in [-0.39, 0.29) is 25.2 Å². The molecule has 0 aromatic heterocycles. The summed E-state index contributed by atoms with van der Waals surface area (Å²) >= 11 is -3.41. The van der Waals surface area contributed by atoms with Gasteiger partial charge in [-0.05, 0) is 6.42 Å². The summed E-state index contributed by atoms with van der Waals surface area (Å²) in [5.41, 5.74) is -0.811. The summed E-state index contributed by atoms with van der Waals surface area (Å²) in [5, 5.41) is 0. The maximum atomic E-state index is 13.1. The fraction of sp³-hybridized carbons (Fsp3) is 0.758. The van der Waals surface area contributed by atoms with Gasteiger partial charge in [-0.25, -0.2) is 0 Å². The predicted octanol–water partition coefficient (Wildman–Crippen LogP) is 6.72. The zero-order valence-electron chi connectivity index (χ0n) is 24.9. The molecule has 8 bridgehead atoms. The number of carbonyl (C=O) groups is 2. The summed E-state index contributed by atoms with van der Waals surface area (Å²) in [5.74, 6) is 5.14. The average molecular weight is 735 g/mol. The molecule has 9 heteroatoms. The third-order valence-corrected chi connectivity index (χ3v) is 17.6. The van der Waals surface area contributed by atoms with Gasteiger partial charge in [0, 0.05) is 0 Å². The van der Waals surface area contributed by atoms with Crippen molar-refractivity contribution in [3.63, 3.8) is 0 Å². The van der Waals surface area contributed by atoms with Crippen LogP contribution < -0.4 is 13.1 Å². The topological polar surface area (TPSA) is 71.1 Å². The van der Waals surface area contributed by atoms with Crippen LogP contribution in [0.4, 0.5) is 0 Å². The molecule has 8 aliphatic carbocycles. The summed E-state index contributed by atoms with van der Waals surface area (Å²) in [6.07, 6.45) is 12.0. The zero-order valence-corrected chi connectivity index (χ0v) is 28.8. The Bertz CT molecular complexity index is 1190. The van der Waals surface area contributed by atoms with Gasteiger partial charge in [-0.3, -0.25) is 0 Å². The molecule has 0 atom stereocenters. The Kier molecular flexibility index (Phi) is 7.73. The van der Waals surface area contributed by atoms with Crippen molar-refractivity contribution in [2.75, 3.05) is 13.2 Å². The minimum absolute atomic E-state index is 0.188. The first-order valence-electron chi connectivity index (χ1n) is 15.9. The van der Waals surface area contributed by atoms with Crippen LogP contribution in [-0.2, 0) is 19.1 Å². The molecular weight excluding hydrogens is 691 g/mol. The first-order valence-corrected chi connectivity index (χ1v) is 25.3. The number of esters is 2. The number of benzene rings is 1. The second-order valence-electron chi connectivity index (χ2n) is 14.8. The van der Waals surface area contributed by atoms with Gasteiger partial charge in [-0.2, -0.15) is 0 Å². The van der Waals surface area contributed by atoms with Crippen LogP contribution in [0.1, 0.15) is 78.1 Å². The van der Waals surface area contributed by atoms with Crippen LogP contribution >= 0.6 is 17.9 Å². The van der Waals surface area contributed by atoms with Gasteiger partial charge in [0.1, 0.15) is 0 Å². The number of hydrogen-bond donors (Lipinski definition) is 0. The fourth-order valence-corrected chi connectivity index (χ4v) is 14.3. The van der Waals surface area contributed by atoms with E-state index in [0.29, 0.717) is 38.8 Å². The van der Waals surface area contributed by atoms with Crippen molar-refractivity contribution < 1.29 is 28.5 Å². The van der Waals surface area contributed by atoms with Gasteiger partial charge in [0.05, 0.1) is 0 Å². The van der Waals surface area contributed by atoms with Gasteiger partial charge in [-0.15, -0.1) is 0 Å². The summed E-state index contributed by atoms with van der Waals surface area (Å²) in [6, 6.07) is 5.23. The van der Waals surface area contributed by atoms with Crippen LogP contribution in [0.2, 0.25) is 4.97 Å². The first-order chi connectivity index (χ1) is 19.9. The van der Waals surface area contributed by atoms with Crippen LogP contribution in [0.25, 0.3) is 0 Å². The molecule has 0 unspecified atom stereocenters. The van der Waals surface area contributed by atoms with E-state index >= 15 is 0 Å². The summed E-state index contributed by atoms with van der Waals surface area (Å²) in [4.78, 5) is 27.9. The molecule has 0 aliphatic heterocycles. The Morgan fingerprint density at radius 3 is 1.52 bits per heavy atom. The number of rotatable bonds is 9. The Morgan fingerprint density at radius 1 is 0.714 bits per heavy atom. The SMILES string of the molecule is CC1(OC(=O)COc2ccc([Te](C)(Cl)Cl)c(OCC(=O)OC3(C)C4CC5CC(C4)CC3C5)c2)C2CC3CC(C2)CC1C3. The van der Waals surface area contributed by atoms with Gasteiger partial charge in [0.15, 0.2) is 0 Å². The van der Waals surface area contributed by atoms with Crippen LogP contribution in [0.5, 0.6) is 11.5 Å². The standard InChI is InChI=1S/C33H44Cl2O6Te/c1-32(23-8-19-6-20(10-23)11-24(32)9-19)40-30(36)17-38-27-4-5-29(42(3,34)35)28(16-27)39-18-31(37)41-33(2)25-12-21-7-22(14-25)15-26(33)13-21/h4-5,16,19-26H,6-15,17-18H2,1-3H3. The predicted molar refractivity (Wildman–Crippen MR) is 163 cm³/mol. The molecule has 1 aromatic carbocycles. The number of hydrogen-bond acceptors (Lipinski definition) is 6. The van der Waals surface area contributed by atoms with E-state index in [2.05, 4.69) is 13.8 Å². The molecular formula is C33H44Cl2O6Te. The third-order valence-electron chi connectivity index (χ3n) is 12.2. The molecule has 1 aromatic rings. The first kappa shape index (κ1) is 29.8. The zero-order chi connectivity index (χ0) is 29.4. The fourth-order valence-electron chi connectivity index (χ4n) is 10.4. The van der Waals surface area contributed by atoms with Crippen LogP contribution in [0.15, 0.2) is 18.2 Å². The second kappa shape index (κ2) is 10.9. The van der Waals surface area contributed by atoms with Gasteiger partial charge in [0.25, 0.3) is 0 Å². The van der Waals surface area contributed by atoms with Gasteiger partial charge in [0.2, 0.25) is 0 Å². The van der Waals surface area contributed by atoms with E-state index in [1.54, 1.807) is 18.2 Å². The molecule has 0 heterocycles. The summed E-state index contributed by atoms with van der Waals surface area (Å²) in [6.45, 7) is 3.85. The molecule has 0 N–H and O–H groups in total. The van der Waals surface area contributed by atoms with Gasteiger partial charge in [-0.1, -0.05) is 0 Å². The maximum absolute atomic E-state index is 13.1. The van der Waals surface area contributed by atoms with Crippen molar-refractivity contribution in [1.29, 1.82) is 0 Å². The van der Waals surface area contributed by atoms with Crippen molar-refractivity contribution >= 4 is 49.4 Å². The van der Waals surface area contributed by atoms with E-state index in [0.717, 1.165) is 49.4 Å². The van der Waals surface area contributed by atoms with Gasteiger partial charge >= 0.3 is 256 Å². The van der Waals surface area contributed by atoms with Crippen LogP contribution in [0, 0.1) is 47.3 Å². The molecule has 0 saturated heterocycles. The Labute approximate surface area is 261 Å². The van der Waals surface area contributed by atoms with E-state index in [4.69, 9.17) is 36.9 Å². The van der Waals surface area contributed by atoms with E-state index < -0.39 is 27.1 Å². The molecule has 0 spiro atoms. The molecule has 0 radical (unpaired) electrons. The van der Waals surface area contributed by atoms with Crippen molar-refractivity contribution in [3.8, 4) is 11.5 Å². The molecule has 8 saturated carbocycles. The number of carbonyl (C=O) groups excluding carboxylic acids is 2. The Balaban J connectivity index is 0.978. The summed E-state index contributed by atoms with van der Waals surface area (Å²) in [7, 11) is 13.3. The molecule has 8 aliphatic rings. The average Bonchev–Trinajstić information content (AvgIpc) is 2.91. The Hall–Kier alpha value is -0.870. The van der Waals surface area contributed by atoms with Crippen molar-refractivity contribution in [1.82, 2.24) is 0 Å². The third kappa shape index (κ3) is 5.45. The molecule has 232 valence electrons. The van der Waals surface area contributed by atoms with Gasteiger partial charge < -0.3 is 0 Å². The normalized spacial score (nSPS) is 41.5. The van der Waals surface area contributed by atoms with Crippen molar-refractivity contribution in [3.05, 3.63) is 18.2 Å². The van der Waals surface area contributed by atoms with Crippen LogP contribution in [0.3, 0.4) is 0 Å². The molecule has 9 rings (SSSR count). The minimum atomic E-state index is -3.41. The molecule has 6 nitrogen and oxygen atoms in total. The van der Waals surface area contributed by atoms with E-state index in [1.165, 1.54) is 38.5 Å². The number of ether oxygens (including phenoxy) is 4. The van der Waals surface area contributed by atoms with Crippen molar-refractivity contribution in [2.24, 2.45) is 47.3 Å². The monoisotopic (exact) mass is 736 g/mol. The van der Waals surface area contributed by atoms with Crippen LogP contribution in [-0.4, -0.2) is 52.3 Å². The summed E-state index contributed by atoms with van der Waals surface area (Å²) < 4.78 is 25.0. The molecule has 0 amide bonds. The van der Waals surface area contributed by atoms with E-state index in [9.17, 15) is 9.59 Å². The van der Waals surface area contributed by atoms with Crippen molar-refractivity contribution in [2.45, 2.75) is 94.2 Å². The number of halogens is 2. The van der Waals surface area contributed by atoms with E-state index in [1.807, 2.05) is 4.97 Å². The molecule has 8 fully saturated rings. The second-order valence-corrected chi connectivity index (χ2v) is 29.6. The molecule has 42 heavy (non-hydrogen) atoms. The quantitative estimate of drug-likeness (QED) is 0.208. The Morgan fingerprint density at radius 2 is 1.12 bits per heavy atom.